The molecule has 0 aliphatic carbocycles. The van der Waals surface area contributed by atoms with Gasteiger partial charge in [-0.25, -0.2) is 9.07 Å². The van der Waals surface area contributed by atoms with Crippen molar-refractivity contribution in [1.29, 1.82) is 0 Å². The van der Waals surface area contributed by atoms with Gasteiger partial charge in [0.05, 0.1) is 23.6 Å². The first-order valence-corrected chi connectivity index (χ1v) is 8.38. The smallest absolute Gasteiger partial charge is 0.274 e. The number of para-hydroxylation sites is 1. The van der Waals surface area contributed by atoms with E-state index in [1.807, 2.05) is 6.07 Å². The maximum Gasteiger partial charge on any atom is 0.274 e. The highest BCUT2D eigenvalue weighted by atomic mass is 19.1. The molecule has 1 atom stereocenters. The molecule has 2 aromatic carbocycles. The molecule has 6 nitrogen and oxygen atoms in total. The predicted octanol–water partition coefficient (Wildman–Crippen LogP) is 2.74. The van der Waals surface area contributed by atoms with Crippen LogP contribution < -0.4 is 15.6 Å². The van der Waals surface area contributed by atoms with E-state index in [1.54, 1.807) is 44.2 Å². The van der Waals surface area contributed by atoms with Crippen molar-refractivity contribution >= 4 is 16.8 Å². The fraction of sp³-hybridized carbons (Fsp3) is 0.263. The second kappa shape index (κ2) is 7.43. The Morgan fingerprint density at radius 3 is 2.77 bits per heavy atom. The van der Waals surface area contributed by atoms with Crippen LogP contribution in [0.2, 0.25) is 0 Å². The highest BCUT2D eigenvalue weighted by Crippen LogP contribution is 2.22. The van der Waals surface area contributed by atoms with Crippen LogP contribution in [0.4, 0.5) is 4.39 Å². The van der Waals surface area contributed by atoms with E-state index in [4.69, 9.17) is 4.74 Å². The zero-order chi connectivity index (χ0) is 18.7. The van der Waals surface area contributed by atoms with Crippen molar-refractivity contribution in [2.75, 3.05) is 6.61 Å². The first-order chi connectivity index (χ1) is 12.5. The second-order valence-electron chi connectivity index (χ2n) is 5.96. The van der Waals surface area contributed by atoms with Crippen molar-refractivity contribution in [3.8, 4) is 5.75 Å². The molecule has 7 heteroatoms. The second-order valence-corrected chi connectivity index (χ2v) is 5.96. The summed E-state index contributed by atoms with van der Waals surface area (Å²) in [7, 11) is 0. The van der Waals surface area contributed by atoms with Gasteiger partial charge in [-0.05, 0) is 43.7 Å². The number of benzene rings is 2. The lowest BCUT2D eigenvalue weighted by Gasteiger charge is -2.15. The van der Waals surface area contributed by atoms with Crippen LogP contribution in [0, 0.1) is 5.82 Å². The van der Waals surface area contributed by atoms with Gasteiger partial charge in [-0.2, -0.15) is 0 Å². The maximum absolute atomic E-state index is 14.0. The summed E-state index contributed by atoms with van der Waals surface area (Å²) in [5.74, 6) is -0.642. The molecule has 3 aromatic rings. The molecule has 1 heterocycles. The highest BCUT2D eigenvalue weighted by molar-refractivity contribution is 5.79. The number of hydrogen-bond acceptors (Lipinski definition) is 3. The average Bonchev–Trinajstić information content (AvgIpc) is 2.93. The maximum atomic E-state index is 14.0. The van der Waals surface area contributed by atoms with E-state index in [1.165, 1.54) is 10.7 Å². The molecule has 0 unspecified atom stereocenters. The Labute approximate surface area is 149 Å². The van der Waals surface area contributed by atoms with Crippen LogP contribution in [-0.2, 0) is 11.3 Å². The van der Waals surface area contributed by atoms with Gasteiger partial charge in [-0.3, -0.25) is 14.7 Å². The number of carbonyl (C=O) groups excluding carboxylic acids is 1. The van der Waals surface area contributed by atoms with Crippen LogP contribution in [0.25, 0.3) is 10.9 Å². The molecule has 136 valence electrons. The van der Waals surface area contributed by atoms with E-state index in [2.05, 4.69) is 10.4 Å². The van der Waals surface area contributed by atoms with E-state index in [0.29, 0.717) is 23.1 Å². The minimum Gasteiger partial charge on any atom is -0.491 e. The van der Waals surface area contributed by atoms with Crippen molar-refractivity contribution in [3.63, 3.8) is 0 Å². The Bertz CT molecular complexity index is 993. The molecule has 0 saturated heterocycles. The summed E-state index contributed by atoms with van der Waals surface area (Å²) in [5, 5.41) is 6.20. The largest absolute Gasteiger partial charge is 0.491 e. The van der Waals surface area contributed by atoms with Gasteiger partial charge in [-0.1, -0.05) is 18.2 Å². The molecule has 26 heavy (non-hydrogen) atoms. The van der Waals surface area contributed by atoms with Gasteiger partial charge in [0, 0.05) is 0 Å². The third-order valence-electron chi connectivity index (χ3n) is 4.09. The highest BCUT2D eigenvalue weighted by Gasteiger charge is 2.14. The minimum absolute atomic E-state index is 0.142. The molecule has 0 aliphatic rings. The Morgan fingerprint density at radius 1 is 1.31 bits per heavy atom. The lowest BCUT2D eigenvalue weighted by atomic mass is 10.1. The van der Waals surface area contributed by atoms with Crippen LogP contribution >= 0.6 is 0 Å². The third-order valence-corrected chi connectivity index (χ3v) is 4.09. The van der Waals surface area contributed by atoms with Crippen LogP contribution in [-0.4, -0.2) is 22.3 Å². The number of aromatic nitrogens is 2. The number of hydrogen-bond donors (Lipinski definition) is 2. The molecule has 2 N–H and O–H groups in total. The van der Waals surface area contributed by atoms with E-state index >= 15 is 0 Å². The summed E-state index contributed by atoms with van der Waals surface area (Å²) in [5.41, 5.74) is 1.03. The standard InChI is InChI=1S/C19H20FN3O3/c1-3-26-17-9-8-13(10-15(17)20)12(2)21-18(24)11-23-19(25)14-6-4-5-7-16(14)22-23/h4-10,12,22H,3,11H2,1-2H3,(H,21,24)/t12-/m1/s1. The van der Waals surface area contributed by atoms with Crippen molar-refractivity contribution < 1.29 is 13.9 Å². The van der Waals surface area contributed by atoms with E-state index in [0.717, 1.165) is 0 Å². The zero-order valence-electron chi connectivity index (χ0n) is 14.6. The molecule has 0 radical (unpaired) electrons. The summed E-state index contributed by atoms with van der Waals surface area (Å²) in [4.78, 5) is 24.5. The molecule has 1 aromatic heterocycles. The normalized spacial score (nSPS) is 12.1. The van der Waals surface area contributed by atoms with Crippen molar-refractivity contribution in [1.82, 2.24) is 15.1 Å². The number of H-pyrrole nitrogens is 1. The number of fused-ring (bicyclic) bond motifs is 1. The van der Waals surface area contributed by atoms with E-state index in [9.17, 15) is 14.0 Å². The monoisotopic (exact) mass is 357 g/mol. The first-order valence-electron chi connectivity index (χ1n) is 8.38. The number of nitrogens with zero attached hydrogens (tertiary/aromatic N) is 1. The molecule has 0 saturated carbocycles. The van der Waals surface area contributed by atoms with Gasteiger partial charge in [-0.15, -0.1) is 0 Å². The number of halogens is 1. The molecule has 0 aliphatic heterocycles. The summed E-state index contributed by atoms with van der Waals surface area (Å²) < 4.78 is 20.4. The minimum atomic E-state index is -0.475. The topological polar surface area (TPSA) is 76.1 Å². The first kappa shape index (κ1) is 17.7. The zero-order valence-corrected chi connectivity index (χ0v) is 14.6. The van der Waals surface area contributed by atoms with E-state index < -0.39 is 11.9 Å². The fourth-order valence-electron chi connectivity index (χ4n) is 2.79. The Morgan fingerprint density at radius 2 is 2.08 bits per heavy atom. The van der Waals surface area contributed by atoms with Crippen molar-refractivity contribution in [3.05, 3.63) is 64.2 Å². The van der Waals surface area contributed by atoms with Gasteiger partial charge < -0.3 is 10.1 Å². The Hall–Kier alpha value is -3.09. The summed E-state index contributed by atoms with van der Waals surface area (Å²) in [6, 6.07) is 11.2. The summed E-state index contributed by atoms with van der Waals surface area (Å²) in [6.45, 7) is 3.77. The lowest BCUT2D eigenvalue weighted by Crippen LogP contribution is -2.33. The number of amides is 1. The van der Waals surface area contributed by atoms with Crippen LogP contribution in [0.15, 0.2) is 47.3 Å². The van der Waals surface area contributed by atoms with Crippen LogP contribution in [0.5, 0.6) is 5.75 Å². The molecule has 3 rings (SSSR count). The Kier molecular flexibility index (Phi) is 5.06. The summed E-state index contributed by atoms with van der Waals surface area (Å²) >= 11 is 0. The van der Waals surface area contributed by atoms with Gasteiger partial charge in [0.2, 0.25) is 5.91 Å². The quantitative estimate of drug-likeness (QED) is 0.712. The number of carbonyl (C=O) groups is 1. The number of aromatic amines is 1. The molecule has 0 bridgehead atoms. The predicted molar refractivity (Wildman–Crippen MR) is 96.7 cm³/mol. The molecular formula is C19H20FN3O3. The lowest BCUT2D eigenvalue weighted by molar-refractivity contribution is -0.122. The number of nitrogens with one attached hydrogen (secondary N) is 2. The molecule has 0 spiro atoms. The van der Waals surface area contributed by atoms with Crippen molar-refractivity contribution in [2.24, 2.45) is 0 Å². The number of rotatable bonds is 6. The van der Waals surface area contributed by atoms with E-state index in [-0.39, 0.29) is 23.8 Å². The SMILES string of the molecule is CCOc1ccc([C@@H](C)NC(=O)Cn2[nH]c3ccccc3c2=O)cc1F. The fourth-order valence-corrected chi connectivity index (χ4v) is 2.79. The van der Waals surface area contributed by atoms with Gasteiger partial charge in [0.15, 0.2) is 11.6 Å². The average molecular weight is 357 g/mol. The third kappa shape index (κ3) is 3.61. The molecular weight excluding hydrogens is 337 g/mol. The van der Waals surface area contributed by atoms with Gasteiger partial charge in [0.25, 0.3) is 5.56 Å². The Balaban J connectivity index is 1.70. The number of ether oxygens (including phenoxy) is 1. The van der Waals surface area contributed by atoms with Gasteiger partial charge in [0.1, 0.15) is 6.54 Å². The van der Waals surface area contributed by atoms with Crippen molar-refractivity contribution in [2.45, 2.75) is 26.4 Å². The summed E-state index contributed by atoms with van der Waals surface area (Å²) in [6.07, 6.45) is 0. The van der Waals surface area contributed by atoms with Crippen LogP contribution in [0.1, 0.15) is 25.5 Å². The molecule has 1 amide bonds. The van der Waals surface area contributed by atoms with Crippen LogP contribution in [0.3, 0.4) is 0 Å². The molecule has 0 fully saturated rings. The van der Waals surface area contributed by atoms with Gasteiger partial charge >= 0.3 is 0 Å².